The highest BCUT2D eigenvalue weighted by Crippen LogP contribution is 2.28. The van der Waals surface area contributed by atoms with Crippen molar-refractivity contribution >= 4 is 11.8 Å². The number of hydrogen-bond acceptors (Lipinski definition) is 4. The molecule has 1 heterocycles. The lowest BCUT2D eigenvalue weighted by atomic mass is 10.1. The average Bonchev–Trinajstić information content (AvgIpc) is 2.78. The maximum absolute atomic E-state index is 4.32. The van der Waals surface area contributed by atoms with Crippen LogP contribution in [0.4, 0.5) is 0 Å². The molecular weight excluding hydrogens is 232 g/mol. The Morgan fingerprint density at radius 1 is 1.35 bits per heavy atom. The summed E-state index contributed by atoms with van der Waals surface area (Å²) in [5.41, 5.74) is 1.23. The van der Waals surface area contributed by atoms with Gasteiger partial charge in [-0.15, -0.1) is 11.8 Å². The van der Waals surface area contributed by atoms with Crippen LogP contribution >= 0.6 is 11.8 Å². The number of nitrogens with zero attached hydrogens (tertiary/aromatic N) is 3. The van der Waals surface area contributed by atoms with Crippen molar-refractivity contribution in [2.75, 3.05) is 13.3 Å². The standard InChI is InChI=1S/C12H16N4S/c1-13-11(12-14-8-15-16(12)2)9-6-4-5-7-10(9)17-3/h4-8,11,13H,1-3H3. The van der Waals surface area contributed by atoms with Crippen molar-refractivity contribution in [1.82, 2.24) is 20.1 Å². The van der Waals surface area contributed by atoms with Gasteiger partial charge in [0.05, 0.1) is 6.04 Å². The highest BCUT2D eigenvalue weighted by atomic mass is 32.2. The molecule has 0 saturated heterocycles. The lowest BCUT2D eigenvalue weighted by molar-refractivity contribution is 0.585. The lowest BCUT2D eigenvalue weighted by Gasteiger charge is -2.18. The van der Waals surface area contributed by atoms with E-state index in [2.05, 4.69) is 45.9 Å². The van der Waals surface area contributed by atoms with Crippen LogP contribution in [0.3, 0.4) is 0 Å². The van der Waals surface area contributed by atoms with Gasteiger partial charge in [-0.2, -0.15) is 5.10 Å². The first-order chi connectivity index (χ1) is 8.27. The van der Waals surface area contributed by atoms with Crippen LogP contribution in [-0.2, 0) is 7.05 Å². The Kier molecular flexibility index (Phi) is 3.81. The summed E-state index contributed by atoms with van der Waals surface area (Å²) in [5, 5.41) is 7.42. The van der Waals surface area contributed by atoms with E-state index in [0.29, 0.717) is 0 Å². The average molecular weight is 248 g/mol. The Balaban J connectivity index is 2.46. The van der Waals surface area contributed by atoms with Gasteiger partial charge in [0, 0.05) is 11.9 Å². The Hall–Kier alpha value is -1.33. The van der Waals surface area contributed by atoms with Crippen LogP contribution in [0.1, 0.15) is 17.4 Å². The van der Waals surface area contributed by atoms with E-state index in [1.807, 2.05) is 14.1 Å². The third-order valence-corrected chi connectivity index (χ3v) is 3.55. The van der Waals surface area contributed by atoms with Crippen molar-refractivity contribution in [2.24, 2.45) is 7.05 Å². The number of aryl methyl sites for hydroxylation is 1. The zero-order chi connectivity index (χ0) is 12.3. The van der Waals surface area contributed by atoms with Crippen molar-refractivity contribution < 1.29 is 0 Å². The number of thioether (sulfide) groups is 1. The summed E-state index contributed by atoms with van der Waals surface area (Å²) in [4.78, 5) is 5.58. The van der Waals surface area contributed by atoms with Gasteiger partial charge in [-0.25, -0.2) is 4.98 Å². The maximum atomic E-state index is 4.32. The molecule has 0 aliphatic rings. The Morgan fingerprint density at radius 2 is 2.12 bits per heavy atom. The number of aromatic nitrogens is 3. The largest absolute Gasteiger partial charge is 0.307 e. The molecule has 2 aromatic rings. The van der Waals surface area contributed by atoms with Gasteiger partial charge in [0.2, 0.25) is 0 Å². The fraction of sp³-hybridized carbons (Fsp3) is 0.333. The van der Waals surface area contributed by atoms with Gasteiger partial charge in [0.25, 0.3) is 0 Å². The summed E-state index contributed by atoms with van der Waals surface area (Å²) < 4.78 is 1.80. The Labute approximate surface area is 105 Å². The molecule has 0 bridgehead atoms. The molecule has 1 aromatic carbocycles. The molecule has 1 aromatic heterocycles. The predicted molar refractivity (Wildman–Crippen MR) is 70.1 cm³/mol. The molecular formula is C12H16N4S. The highest BCUT2D eigenvalue weighted by molar-refractivity contribution is 7.98. The lowest BCUT2D eigenvalue weighted by Crippen LogP contribution is -2.22. The van der Waals surface area contributed by atoms with E-state index < -0.39 is 0 Å². The van der Waals surface area contributed by atoms with Crippen LogP contribution < -0.4 is 5.32 Å². The molecule has 1 atom stereocenters. The van der Waals surface area contributed by atoms with E-state index in [-0.39, 0.29) is 6.04 Å². The number of benzene rings is 1. The second-order valence-corrected chi connectivity index (χ2v) is 4.55. The molecule has 1 N–H and O–H groups in total. The van der Waals surface area contributed by atoms with E-state index in [1.54, 1.807) is 22.8 Å². The summed E-state index contributed by atoms with van der Waals surface area (Å²) in [6.45, 7) is 0. The smallest absolute Gasteiger partial charge is 0.148 e. The summed E-state index contributed by atoms with van der Waals surface area (Å²) in [6, 6.07) is 8.43. The molecule has 0 saturated carbocycles. The van der Waals surface area contributed by atoms with Gasteiger partial charge in [0.1, 0.15) is 12.2 Å². The predicted octanol–water partition coefficient (Wildman–Crippen LogP) is 1.85. The van der Waals surface area contributed by atoms with E-state index in [4.69, 9.17) is 0 Å². The van der Waals surface area contributed by atoms with Gasteiger partial charge in [-0.1, -0.05) is 18.2 Å². The first-order valence-electron chi connectivity index (χ1n) is 5.42. The molecule has 2 rings (SSSR count). The molecule has 0 fully saturated rings. The van der Waals surface area contributed by atoms with Gasteiger partial charge in [-0.05, 0) is 24.9 Å². The summed E-state index contributed by atoms with van der Waals surface area (Å²) in [6.07, 6.45) is 3.67. The fourth-order valence-electron chi connectivity index (χ4n) is 1.90. The van der Waals surface area contributed by atoms with Crippen molar-refractivity contribution in [3.63, 3.8) is 0 Å². The minimum Gasteiger partial charge on any atom is -0.307 e. The zero-order valence-corrected chi connectivity index (χ0v) is 11.0. The van der Waals surface area contributed by atoms with E-state index >= 15 is 0 Å². The Morgan fingerprint density at radius 3 is 2.71 bits per heavy atom. The van der Waals surface area contributed by atoms with E-state index in [0.717, 1.165) is 5.82 Å². The van der Waals surface area contributed by atoms with Crippen LogP contribution in [0.2, 0.25) is 0 Å². The molecule has 0 amide bonds. The SMILES string of the molecule is CNC(c1ccccc1SC)c1ncnn1C. The van der Waals surface area contributed by atoms with Gasteiger partial charge in [0.15, 0.2) is 0 Å². The van der Waals surface area contributed by atoms with Gasteiger partial charge < -0.3 is 5.32 Å². The zero-order valence-electron chi connectivity index (χ0n) is 10.2. The van der Waals surface area contributed by atoms with Gasteiger partial charge in [-0.3, -0.25) is 4.68 Å². The van der Waals surface area contributed by atoms with E-state index in [1.165, 1.54) is 10.5 Å². The van der Waals surface area contributed by atoms with Crippen molar-refractivity contribution in [3.05, 3.63) is 42.0 Å². The van der Waals surface area contributed by atoms with Crippen molar-refractivity contribution in [2.45, 2.75) is 10.9 Å². The molecule has 17 heavy (non-hydrogen) atoms. The minimum absolute atomic E-state index is 0.0751. The molecule has 90 valence electrons. The second kappa shape index (κ2) is 5.33. The molecule has 0 aliphatic carbocycles. The molecule has 0 aliphatic heterocycles. The molecule has 0 spiro atoms. The third kappa shape index (κ3) is 2.35. The fourth-order valence-corrected chi connectivity index (χ4v) is 2.53. The third-order valence-electron chi connectivity index (χ3n) is 2.74. The molecule has 0 radical (unpaired) electrons. The summed E-state index contributed by atoms with van der Waals surface area (Å²) >= 11 is 1.74. The van der Waals surface area contributed by atoms with Crippen LogP contribution in [0.15, 0.2) is 35.5 Å². The normalized spacial score (nSPS) is 12.6. The number of nitrogens with one attached hydrogen (secondary N) is 1. The molecule has 1 unspecified atom stereocenters. The van der Waals surface area contributed by atoms with Gasteiger partial charge >= 0.3 is 0 Å². The molecule has 4 nitrogen and oxygen atoms in total. The first-order valence-corrected chi connectivity index (χ1v) is 6.64. The highest BCUT2D eigenvalue weighted by Gasteiger charge is 2.19. The first kappa shape index (κ1) is 12.1. The van der Waals surface area contributed by atoms with Crippen LogP contribution in [0.25, 0.3) is 0 Å². The summed E-state index contributed by atoms with van der Waals surface area (Å²) in [5.74, 6) is 0.925. The van der Waals surface area contributed by atoms with Crippen molar-refractivity contribution in [1.29, 1.82) is 0 Å². The molecule has 5 heteroatoms. The monoisotopic (exact) mass is 248 g/mol. The maximum Gasteiger partial charge on any atom is 0.148 e. The van der Waals surface area contributed by atoms with Crippen LogP contribution in [0.5, 0.6) is 0 Å². The number of rotatable bonds is 4. The number of hydrogen-bond donors (Lipinski definition) is 1. The quantitative estimate of drug-likeness (QED) is 0.839. The Bertz CT molecular complexity index is 495. The summed E-state index contributed by atoms with van der Waals surface area (Å²) in [7, 11) is 3.85. The topological polar surface area (TPSA) is 42.7 Å². The van der Waals surface area contributed by atoms with E-state index in [9.17, 15) is 0 Å². The minimum atomic E-state index is 0.0751. The second-order valence-electron chi connectivity index (χ2n) is 3.71. The van der Waals surface area contributed by atoms with Crippen LogP contribution in [0, 0.1) is 0 Å². The van der Waals surface area contributed by atoms with Crippen molar-refractivity contribution in [3.8, 4) is 0 Å². The van der Waals surface area contributed by atoms with Crippen LogP contribution in [-0.4, -0.2) is 28.1 Å².